The van der Waals surface area contributed by atoms with Crippen LogP contribution in [-0.2, 0) is 0 Å². The molecule has 2 aromatic rings. The highest BCUT2D eigenvalue weighted by Gasteiger charge is 2.20. The maximum atomic E-state index is 12.5. The summed E-state index contributed by atoms with van der Waals surface area (Å²) >= 11 is 0. The average molecular weight is 270 g/mol. The Kier molecular flexibility index (Phi) is 3.94. The molecule has 3 N–H and O–H groups in total. The van der Waals surface area contributed by atoms with Gasteiger partial charge < -0.3 is 15.7 Å². The highest BCUT2D eigenvalue weighted by Crippen LogP contribution is 2.27. The molecule has 20 heavy (non-hydrogen) atoms. The van der Waals surface area contributed by atoms with Crippen LogP contribution in [0.1, 0.15) is 22.8 Å². The van der Waals surface area contributed by atoms with Crippen molar-refractivity contribution in [1.82, 2.24) is 0 Å². The number of nitrogens with zero attached hydrogens (tertiary/aromatic N) is 1. The summed E-state index contributed by atoms with van der Waals surface area (Å²) in [5.41, 5.74) is 7.98. The van der Waals surface area contributed by atoms with Crippen LogP contribution in [0.15, 0.2) is 42.5 Å². The number of carbonyl (C=O) groups excluding carboxylic acids is 1. The molecule has 1 amide bonds. The zero-order valence-electron chi connectivity index (χ0n) is 11.6. The Morgan fingerprint density at radius 1 is 1.20 bits per heavy atom. The van der Waals surface area contributed by atoms with E-state index in [1.165, 1.54) is 0 Å². The van der Waals surface area contributed by atoms with Crippen molar-refractivity contribution in [2.75, 3.05) is 17.2 Å². The van der Waals surface area contributed by atoms with Gasteiger partial charge in [0.05, 0.1) is 11.3 Å². The molecule has 4 heteroatoms. The van der Waals surface area contributed by atoms with E-state index in [1.807, 2.05) is 38.1 Å². The number of carbonyl (C=O) groups is 1. The number of rotatable bonds is 3. The molecule has 0 saturated carbocycles. The van der Waals surface area contributed by atoms with E-state index in [9.17, 15) is 9.90 Å². The highest BCUT2D eigenvalue weighted by molar-refractivity contribution is 6.08. The second-order valence-electron chi connectivity index (χ2n) is 4.63. The highest BCUT2D eigenvalue weighted by atomic mass is 16.3. The third kappa shape index (κ3) is 2.59. The summed E-state index contributed by atoms with van der Waals surface area (Å²) < 4.78 is 0. The molecule has 0 aliphatic carbocycles. The van der Waals surface area contributed by atoms with Crippen LogP contribution < -0.4 is 10.6 Å². The number of para-hydroxylation sites is 1. The van der Waals surface area contributed by atoms with Crippen molar-refractivity contribution in [1.29, 1.82) is 0 Å². The summed E-state index contributed by atoms with van der Waals surface area (Å²) in [4.78, 5) is 14.1. The monoisotopic (exact) mass is 270 g/mol. The van der Waals surface area contributed by atoms with Crippen molar-refractivity contribution in [3.8, 4) is 5.75 Å². The topological polar surface area (TPSA) is 66.6 Å². The number of hydrogen-bond acceptors (Lipinski definition) is 3. The molecule has 0 heterocycles. The lowest BCUT2D eigenvalue weighted by Gasteiger charge is -2.22. The Morgan fingerprint density at radius 3 is 2.45 bits per heavy atom. The Morgan fingerprint density at radius 2 is 1.85 bits per heavy atom. The maximum absolute atomic E-state index is 12.5. The molecular weight excluding hydrogens is 252 g/mol. The zero-order valence-corrected chi connectivity index (χ0v) is 11.6. The SMILES string of the molecule is CCN(C(=O)c1cccc(N)c1O)c1ccc(C)cc1. The molecule has 0 spiro atoms. The maximum Gasteiger partial charge on any atom is 0.262 e. The first-order chi connectivity index (χ1) is 9.54. The van der Waals surface area contributed by atoms with Gasteiger partial charge in [0.25, 0.3) is 5.91 Å². The first-order valence-electron chi connectivity index (χ1n) is 6.50. The number of phenols is 1. The Labute approximate surface area is 118 Å². The lowest BCUT2D eigenvalue weighted by atomic mass is 10.1. The van der Waals surface area contributed by atoms with Gasteiger partial charge >= 0.3 is 0 Å². The summed E-state index contributed by atoms with van der Waals surface area (Å²) in [6.45, 7) is 4.39. The van der Waals surface area contributed by atoms with Gasteiger partial charge in [-0.25, -0.2) is 0 Å². The van der Waals surface area contributed by atoms with Crippen LogP contribution in [-0.4, -0.2) is 17.6 Å². The molecule has 0 bridgehead atoms. The van der Waals surface area contributed by atoms with Crippen molar-refractivity contribution in [2.24, 2.45) is 0 Å². The number of amides is 1. The van der Waals surface area contributed by atoms with Gasteiger partial charge in [-0.2, -0.15) is 0 Å². The van der Waals surface area contributed by atoms with E-state index in [0.29, 0.717) is 6.54 Å². The zero-order chi connectivity index (χ0) is 14.7. The molecule has 0 atom stereocenters. The minimum absolute atomic E-state index is 0.164. The third-order valence-electron chi connectivity index (χ3n) is 3.20. The summed E-state index contributed by atoms with van der Waals surface area (Å²) in [5.74, 6) is -0.427. The largest absolute Gasteiger partial charge is 0.505 e. The van der Waals surface area contributed by atoms with E-state index in [1.54, 1.807) is 23.1 Å². The van der Waals surface area contributed by atoms with Gasteiger partial charge in [-0.15, -0.1) is 0 Å². The minimum atomic E-state index is -0.263. The Hall–Kier alpha value is -2.49. The van der Waals surface area contributed by atoms with Gasteiger partial charge in [0.1, 0.15) is 0 Å². The van der Waals surface area contributed by atoms with Crippen LogP contribution in [0.2, 0.25) is 0 Å². The van der Waals surface area contributed by atoms with E-state index >= 15 is 0 Å². The number of benzene rings is 2. The molecule has 0 unspecified atom stereocenters. The van der Waals surface area contributed by atoms with E-state index in [4.69, 9.17) is 5.73 Å². The molecule has 0 fully saturated rings. The first kappa shape index (κ1) is 13.9. The molecule has 2 rings (SSSR count). The van der Waals surface area contributed by atoms with Gasteiger partial charge in [0.15, 0.2) is 5.75 Å². The normalized spacial score (nSPS) is 10.3. The predicted molar refractivity (Wildman–Crippen MR) is 81.0 cm³/mol. The molecule has 104 valence electrons. The quantitative estimate of drug-likeness (QED) is 0.665. The molecule has 0 aliphatic rings. The second kappa shape index (κ2) is 5.65. The fourth-order valence-electron chi connectivity index (χ4n) is 2.05. The number of nitrogens with two attached hydrogens (primary N) is 1. The Bertz CT molecular complexity index is 621. The van der Waals surface area contributed by atoms with Crippen molar-refractivity contribution >= 4 is 17.3 Å². The molecule has 0 saturated heterocycles. The first-order valence-corrected chi connectivity index (χ1v) is 6.50. The third-order valence-corrected chi connectivity index (χ3v) is 3.20. The van der Waals surface area contributed by atoms with E-state index in [2.05, 4.69) is 0 Å². The summed E-state index contributed by atoms with van der Waals surface area (Å²) in [6.07, 6.45) is 0. The van der Waals surface area contributed by atoms with Crippen molar-refractivity contribution in [2.45, 2.75) is 13.8 Å². The molecule has 0 aliphatic heterocycles. The summed E-state index contributed by atoms with van der Waals surface area (Å²) in [7, 11) is 0. The van der Waals surface area contributed by atoms with Crippen LogP contribution in [0.5, 0.6) is 5.75 Å². The van der Waals surface area contributed by atoms with Crippen LogP contribution in [0.25, 0.3) is 0 Å². The van der Waals surface area contributed by atoms with Crippen molar-refractivity contribution in [3.63, 3.8) is 0 Å². The molecule has 0 aromatic heterocycles. The van der Waals surface area contributed by atoms with E-state index in [-0.39, 0.29) is 22.9 Å². The van der Waals surface area contributed by atoms with Crippen LogP contribution in [0.3, 0.4) is 0 Å². The van der Waals surface area contributed by atoms with Gasteiger partial charge in [0.2, 0.25) is 0 Å². The number of aryl methyl sites for hydroxylation is 1. The van der Waals surface area contributed by atoms with Crippen LogP contribution in [0, 0.1) is 6.92 Å². The summed E-state index contributed by atoms with van der Waals surface area (Å²) in [5, 5.41) is 9.93. The molecular formula is C16H18N2O2. The molecule has 0 radical (unpaired) electrons. The number of nitrogen functional groups attached to an aromatic ring is 1. The number of hydrogen-bond donors (Lipinski definition) is 2. The molecule has 4 nitrogen and oxygen atoms in total. The van der Waals surface area contributed by atoms with Gasteiger partial charge in [-0.1, -0.05) is 23.8 Å². The lowest BCUT2D eigenvalue weighted by Crippen LogP contribution is -2.30. The predicted octanol–water partition coefficient (Wildman–Crippen LogP) is 2.95. The van der Waals surface area contributed by atoms with Crippen LogP contribution in [0.4, 0.5) is 11.4 Å². The number of phenolic OH excluding ortho intramolecular Hbond substituents is 1. The summed E-state index contributed by atoms with van der Waals surface area (Å²) in [6, 6.07) is 12.5. The Balaban J connectivity index is 2.39. The fourth-order valence-corrected chi connectivity index (χ4v) is 2.05. The average Bonchev–Trinajstić information content (AvgIpc) is 2.44. The fraction of sp³-hybridized carbons (Fsp3) is 0.188. The minimum Gasteiger partial charge on any atom is -0.505 e. The second-order valence-corrected chi connectivity index (χ2v) is 4.63. The van der Waals surface area contributed by atoms with Gasteiger partial charge in [-0.3, -0.25) is 4.79 Å². The van der Waals surface area contributed by atoms with Gasteiger partial charge in [0, 0.05) is 12.2 Å². The number of anilines is 2. The van der Waals surface area contributed by atoms with Crippen LogP contribution >= 0.6 is 0 Å². The standard InChI is InChI=1S/C16H18N2O2/c1-3-18(12-9-7-11(2)8-10-12)16(20)13-5-4-6-14(17)15(13)19/h4-10,19H,3,17H2,1-2H3. The lowest BCUT2D eigenvalue weighted by molar-refractivity contribution is 0.0986. The smallest absolute Gasteiger partial charge is 0.262 e. The van der Waals surface area contributed by atoms with E-state index in [0.717, 1.165) is 11.3 Å². The van der Waals surface area contributed by atoms with Crippen molar-refractivity contribution in [3.05, 3.63) is 53.6 Å². The number of aromatic hydroxyl groups is 1. The van der Waals surface area contributed by atoms with Crippen molar-refractivity contribution < 1.29 is 9.90 Å². The van der Waals surface area contributed by atoms with E-state index < -0.39 is 0 Å². The molecule has 2 aromatic carbocycles. The van der Waals surface area contributed by atoms with Gasteiger partial charge in [-0.05, 0) is 38.1 Å².